The molecule has 0 radical (unpaired) electrons. The summed E-state index contributed by atoms with van der Waals surface area (Å²) in [7, 11) is -2.09. The Labute approximate surface area is 178 Å². The van der Waals surface area contributed by atoms with Crippen LogP contribution in [-0.2, 0) is 10.0 Å². The third kappa shape index (κ3) is 3.60. The zero-order chi connectivity index (χ0) is 21.5. The average molecular weight is 447 g/mol. The van der Waals surface area contributed by atoms with Crippen molar-refractivity contribution in [2.75, 3.05) is 20.1 Å². The summed E-state index contributed by atoms with van der Waals surface area (Å²) >= 11 is 6.07. The fourth-order valence-corrected chi connectivity index (χ4v) is 5.27. The Morgan fingerprint density at radius 1 is 1.23 bits per heavy atom. The van der Waals surface area contributed by atoms with Crippen LogP contribution in [0, 0.1) is 6.92 Å². The van der Waals surface area contributed by atoms with Gasteiger partial charge in [-0.1, -0.05) is 35.0 Å². The Kier molecular flexibility index (Phi) is 5.35. The van der Waals surface area contributed by atoms with E-state index >= 15 is 0 Å². The maximum Gasteiger partial charge on any atom is 0.251 e. The average Bonchev–Trinajstić information content (AvgIpc) is 3.17. The van der Waals surface area contributed by atoms with Crippen LogP contribution in [0.5, 0.6) is 0 Å². The van der Waals surface area contributed by atoms with E-state index in [-0.39, 0.29) is 29.8 Å². The Balaban J connectivity index is 1.50. The van der Waals surface area contributed by atoms with Gasteiger partial charge in [0.25, 0.3) is 5.91 Å². The van der Waals surface area contributed by atoms with E-state index in [1.165, 1.54) is 4.31 Å². The first-order valence-corrected chi connectivity index (χ1v) is 11.0. The Morgan fingerprint density at radius 2 is 1.97 bits per heavy atom. The first-order chi connectivity index (χ1) is 14.3. The molecule has 30 heavy (non-hydrogen) atoms. The molecule has 0 unspecified atom stereocenters. The number of hydrogen-bond donors (Lipinski definition) is 1. The number of nitrogens with one attached hydrogen (secondary N) is 1. The molecule has 0 spiro atoms. The highest BCUT2D eigenvalue weighted by atomic mass is 35.5. The van der Waals surface area contributed by atoms with Crippen LogP contribution in [0.2, 0.25) is 5.02 Å². The molecule has 0 aliphatic carbocycles. The van der Waals surface area contributed by atoms with E-state index in [1.54, 1.807) is 56.4 Å². The smallest absolute Gasteiger partial charge is 0.251 e. The zero-order valence-electron chi connectivity index (χ0n) is 16.3. The summed E-state index contributed by atoms with van der Waals surface area (Å²) in [6, 6.07) is 11.7. The molecule has 1 aliphatic heterocycles. The maximum atomic E-state index is 12.9. The standard InChI is InChI=1S/C20H19ClN4O4S/c1-12-16(21)7-4-8-17(12)30(27,28)25-10-15(11-25)20-23-18(24-29-20)13-5-3-6-14(9-13)19(26)22-2/h3-9,15H,10-11H2,1-2H3,(H,22,26). The summed E-state index contributed by atoms with van der Waals surface area (Å²) in [6.07, 6.45) is 0. The molecule has 1 aromatic heterocycles. The summed E-state index contributed by atoms with van der Waals surface area (Å²) < 4.78 is 32.5. The SMILES string of the molecule is CNC(=O)c1cccc(-c2noc(C3CN(S(=O)(=O)c4cccc(Cl)c4C)C3)n2)c1. The van der Waals surface area contributed by atoms with E-state index < -0.39 is 10.0 Å². The van der Waals surface area contributed by atoms with Crippen molar-refractivity contribution in [3.8, 4) is 11.4 Å². The van der Waals surface area contributed by atoms with Crippen LogP contribution in [-0.4, -0.2) is 48.9 Å². The minimum Gasteiger partial charge on any atom is -0.355 e. The lowest BCUT2D eigenvalue weighted by Gasteiger charge is -2.36. The second-order valence-corrected chi connectivity index (χ2v) is 9.31. The zero-order valence-corrected chi connectivity index (χ0v) is 17.9. The maximum absolute atomic E-state index is 12.9. The molecular weight excluding hydrogens is 428 g/mol. The van der Waals surface area contributed by atoms with Gasteiger partial charge in [0.2, 0.25) is 21.7 Å². The second kappa shape index (κ2) is 7.82. The number of carbonyl (C=O) groups excluding carboxylic acids is 1. The largest absolute Gasteiger partial charge is 0.355 e. The molecule has 1 fully saturated rings. The molecule has 8 nitrogen and oxygen atoms in total. The number of benzene rings is 2. The number of nitrogens with zero attached hydrogens (tertiary/aromatic N) is 3. The van der Waals surface area contributed by atoms with Crippen LogP contribution < -0.4 is 5.32 Å². The van der Waals surface area contributed by atoms with Gasteiger partial charge in [-0.25, -0.2) is 8.42 Å². The van der Waals surface area contributed by atoms with Gasteiger partial charge in [0.15, 0.2) is 0 Å². The van der Waals surface area contributed by atoms with Gasteiger partial charge in [0.05, 0.1) is 10.8 Å². The van der Waals surface area contributed by atoms with E-state index in [1.807, 2.05) is 0 Å². The molecule has 1 saturated heterocycles. The topological polar surface area (TPSA) is 105 Å². The van der Waals surface area contributed by atoms with Crippen molar-refractivity contribution >= 4 is 27.5 Å². The molecule has 1 aliphatic rings. The van der Waals surface area contributed by atoms with Crippen molar-refractivity contribution in [2.24, 2.45) is 0 Å². The van der Waals surface area contributed by atoms with Crippen LogP contribution in [0.15, 0.2) is 51.9 Å². The van der Waals surface area contributed by atoms with Crippen molar-refractivity contribution in [3.05, 3.63) is 64.5 Å². The molecule has 2 heterocycles. The fourth-order valence-electron chi connectivity index (χ4n) is 3.26. The predicted molar refractivity (Wildman–Crippen MR) is 111 cm³/mol. The van der Waals surface area contributed by atoms with E-state index in [4.69, 9.17) is 16.1 Å². The highest BCUT2D eigenvalue weighted by molar-refractivity contribution is 7.89. The van der Waals surface area contributed by atoms with Crippen molar-refractivity contribution in [3.63, 3.8) is 0 Å². The molecule has 4 rings (SSSR count). The Hall–Kier alpha value is -2.75. The molecule has 2 aromatic carbocycles. The number of aromatic nitrogens is 2. The molecule has 3 aromatic rings. The van der Waals surface area contributed by atoms with Crippen LogP contribution in [0.3, 0.4) is 0 Å². The minimum absolute atomic E-state index is 0.192. The second-order valence-electron chi connectivity index (χ2n) is 7.00. The molecular formula is C20H19ClN4O4S. The molecule has 1 amide bonds. The molecule has 1 N–H and O–H groups in total. The quantitative estimate of drug-likeness (QED) is 0.646. The van der Waals surface area contributed by atoms with Gasteiger partial charge in [-0.3, -0.25) is 4.79 Å². The van der Waals surface area contributed by atoms with Crippen molar-refractivity contribution in [1.82, 2.24) is 19.8 Å². The van der Waals surface area contributed by atoms with Gasteiger partial charge in [-0.15, -0.1) is 0 Å². The molecule has 10 heteroatoms. The lowest BCUT2D eigenvalue weighted by atomic mass is 10.0. The van der Waals surface area contributed by atoms with Crippen LogP contribution >= 0.6 is 11.6 Å². The Morgan fingerprint density at radius 3 is 2.70 bits per heavy atom. The molecule has 0 bridgehead atoms. The van der Waals surface area contributed by atoms with Crippen molar-refractivity contribution in [1.29, 1.82) is 0 Å². The lowest BCUT2D eigenvalue weighted by molar-refractivity contribution is 0.0963. The number of carbonyl (C=O) groups is 1. The molecule has 0 saturated carbocycles. The first kappa shape index (κ1) is 20.5. The van der Waals surface area contributed by atoms with Crippen LogP contribution in [0.1, 0.15) is 27.7 Å². The lowest BCUT2D eigenvalue weighted by Crippen LogP contribution is -2.48. The monoisotopic (exact) mass is 446 g/mol. The van der Waals surface area contributed by atoms with Crippen molar-refractivity contribution < 1.29 is 17.7 Å². The van der Waals surface area contributed by atoms with Gasteiger partial charge in [-0.05, 0) is 36.8 Å². The third-order valence-electron chi connectivity index (χ3n) is 5.08. The van der Waals surface area contributed by atoms with E-state index in [2.05, 4.69) is 15.5 Å². The minimum atomic E-state index is -3.65. The van der Waals surface area contributed by atoms with Gasteiger partial charge < -0.3 is 9.84 Å². The summed E-state index contributed by atoms with van der Waals surface area (Å²) in [6.45, 7) is 2.17. The van der Waals surface area contributed by atoms with Gasteiger partial charge in [0.1, 0.15) is 0 Å². The summed E-state index contributed by atoms with van der Waals surface area (Å²) in [5.74, 6) is 0.312. The summed E-state index contributed by atoms with van der Waals surface area (Å²) in [4.78, 5) is 16.4. The fraction of sp³-hybridized carbons (Fsp3) is 0.250. The molecule has 156 valence electrons. The number of hydrogen-bond acceptors (Lipinski definition) is 6. The number of rotatable bonds is 5. The predicted octanol–water partition coefficient (Wildman–Crippen LogP) is 2.85. The van der Waals surface area contributed by atoms with Crippen molar-refractivity contribution in [2.45, 2.75) is 17.7 Å². The van der Waals surface area contributed by atoms with Crippen LogP contribution in [0.4, 0.5) is 0 Å². The van der Waals surface area contributed by atoms with Gasteiger partial charge >= 0.3 is 0 Å². The third-order valence-corrected chi connectivity index (χ3v) is 7.47. The van der Waals surface area contributed by atoms with Gasteiger partial charge in [-0.2, -0.15) is 9.29 Å². The highest BCUT2D eigenvalue weighted by Gasteiger charge is 2.41. The molecule has 0 atom stereocenters. The highest BCUT2D eigenvalue weighted by Crippen LogP contribution is 2.34. The van der Waals surface area contributed by atoms with E-state index in [9.17, 15) is 13.2 Å². The number of sulfonamides is 1. The van der Waals surface area contributed by atoms with E-state index in [0.717, 1.165) is 0 Å². The summed E-state index contributed by atoms with van der Waals surface area (Å²) in [5, 5.41) is 6.96. The normalized spacial score (nSPS) is 15.0. The number of amides is 1. The first-order valence-electron chi connectivity index (χ1n) is 9.22. The van der Waals surface area contributed by atoms with Crippen LogP contribution in [0.25, 0.3) is 11.4 Å². The Bertz CT molecular complexity index is 1220. The van der Waals surface area contributed by atoms with E-state index in [0.29, 0.717) is 33.4 Å². The summed E-state index contributed by atoms with van der Waals surface area (Å²) in [5.41, 5.74) is 1.65. The number of halogens is 1. The van der Waals surface area contributed by atoms with Gasteiger partial charge in [0, 0.05) is 36.3 Å².